The molecule has 4 rings (SSSR count). The monoisotopic (exact) mass is 397 g/mol. The van der Waals surface area contributed by atoms with E-state index < -0.39 is 12.1 Å². The number of alkyl halides is 3. The largest absolute Gasteiger partial charge is 0.490 e. The fourth-order valence-electron chi connectivity index (χ4n) is 3.32. The first kappa shape index (κ1) is 20.1. The van der Waals surface area contributed by atoms with E-state index in [2.05, 4.69) is 5.32 Å². The molecule has 2 aromatic carbocycles. The number of rotatable bonds is 3. The first-order chi connectivity index (χ1) is 13.2. The number of carboxylic acids is 1. The van der Waals surface area contributed by atoms with Crippen LogP contribution in [-0.4, -0.2) is 36.4 Å². The molecule has 28 heavy (non-hydrogen) atoms. The highest BCUT2D eigenvalue weighted by Gasteiger charge is 2.49. The molecule has 0 atom stereocenters. The molecule has 2 aromatic rings. The second-order valence-electron chi connectivity index (χ2n) is 7.09. The van der Waals surface area contributed by atoms with Crippen molar-refractivity contribution in [1.29, 1.82) is 0 Å². The number of halogens is 4. The Labute approximate surface area is 159 Å². The number of aliphatic carboxylic acids is 1. The van der Waals surface area contributed by atoms with Crippen molar-refractivity contribution >= 4 is 5.97 Å². The quantitative estimate of drug-likeness (QED) is 0.760. The molecule has 0 unspecified atom stereocenters. The summed E-state index contributed by atoms with van der Waals surface area (Å²) in [6.07, 6.45) is -2.39. The zero-order valence-corrected chi connectivity index (χ0v) is 14.8. The summed E-state index contributed by atoms with van der Waals surface area (Å²) in [5.41, 5.74) is 2.64. The molecule has 1 spiro atoms. The highest BCUT2D eigenvalue weighted by Crippen LogP contribution is 2.45. The minimum absolute atomic E-state index is 0.205. The smallest absolute Gasteiger partial charge is 0.490 e. The number of carbonyl (C=O) groups is 1. The lowest BCUT2D eigenvalue weighted by Crippen LogP contribution is -2.62. The molecule has 1 heterocycles. The molecular weight excluding hydrogens is 378 g/mol. The second-order valence-corrected chi connectivity index (χ2v) is 7.09. The summed E-state index contributed by atoms with van der Waals surface area (Å²) in [5, 5.41) is 10.5. The van der Waals surface area contributed by atoms with Crippen LogP contribution in [0.5, 0.6) is 5.75 Å². The molecule has 1 saturated carbocycles. The Morgan fingerprint density at radius 3 is 1.86 bits per heavy atom. The molecule has 4 nitrogen and oxygen atoms in total. The van der Waals surface area contributed by atoms with Crippen LogP contribution in [0.25, 0.3) is 11.1 Å². The molecule has 1 saturated heterocycles. The predicted octanol–water partition coefficient (Wildman–Crippen LogP) is 4.26. The Bertz CT molecular complexity index is 807. The van der Waals surface area contributed by atoms with Crippen molar-refractivity contribution in [3.63, 3.8) is 0 Å². The highest BCUT2D eigenvalue weighted by atomic mass is 19.4. The summed E-state index contributed by atoms with van der Waals surface area (Å²) in [4.78, 5) is 8.90. The molecule has 2 fully saturated rings. The van der Waals surface area contributed by atoms with Crippen LogP contribution in [0.1, 0.15) is 12.8 Å². The molecule has 2 aliphatic rings. The van der Waals surface area contributed by atoms with E-state index in [-0.39, 0.29) is 5.82 Å². The molecule has 2 N–H and O–H groups in total. The topological polar surface area (TPSA) is 58.6 Å². The zero-order valence-electron chi connectivity index (χ0n) is 14.8. The Hall–Kier alpha value is -2.61. The summed E-state index contributed by atoms with van der Waals surface area (Å²) in [7, 11) is 0. The Kier molecular flexibility index (Phi) is 5.60. The molecule has 150 valence electrons. The van der Waals surface area contributed by atoms with Crippen molar-refractivity contribution in [3.8, 4) is 16.9 Å². The first-order valence-electron chi connectivity index (χ1n) is 8.70. The van der Waals surface area contributed by atoms with Crippen LogP contribution in [0.15, 0.2) is 48.5 Å². The number of hydrogen-bond donors (Lipinski definition) is 2. The predicted molar refractivity (Wildman–Crippen MR) is 94.5 cm³/mol. The third kappa shape index (κ3) is 4.81. The maximum Gasteiger partial charge on any atom is 0.490 e. The van der Waals surface area contributed by atoms with E-state index in [1.807, 2.05) is 24.3 Å². The van der Waals surface area contributed by atoms with Gasteiger partial charge in [0.2, 0.25) is 0 Å². The molecule has 1 aliphatic heterocycles. The van der Waals surface area contributed by atoms with Crippen molar-refractivity contribution < 1.29 is 32.2 Å². The number of benzene rings is 2. The zero-order chi connectivity index (χ0) is 20.4. The van der Waals surface area contributed by atoms with Gasteiger partial charge in [0.05, 0.1) is 6.10 Å². The minimum Gasteiger partial charge on any atom is -0.490 e. The van der Waals surface area contributed by atoms with E-state index in [4.69, 9.17) is 14.6 Å². The summed E-state index contributed by atoms with van der Waals surface area (Å²) in [6, 6.07) is 14.6. The van der Waals surface area contributed by atoms with Crippen LogP contribution < -0.4 is 10.1 Å². The maximum atomic E-state index is 12.9. The van der Waals surface area contributed by atoms with Crippen molar-refractivity contribution in [2.75, 3.05) is 13.1 Å². The number of nitrogens with one attached hydrogen (secondary N) is 1. The van der Waals surface area contributed by atoms with Crippen molar-refractivity contribution in [1.82, 2.24) is 5.32 Å². The lowest BCUT2D eigenvalue weighted by Gasteiger charge is -2.53. The third-order valence-corrected chi connectivity index (χ3v) is 4.90. The summed E-state index contributed by atoms with van der Waals surface area (Å²) in [6.45, 7) is 2.30. The molecule has 0 aromatic heterocycles. The van der Waals surface area contributed by atoms with Crippen LogP contribution in [0.4, 0.5) is 17.6 Å². The molecular formula is C20H19F4NO3. The molecule has 0 amide bonds. The van der Waals surface area contributed by atoms with Crippen molar-refractivity contribution in [2.24, 2.45) is 5.41 Å². The van der Waals surface area contributed by atoms with E-state index in [1.54, 1.807) is 12.1 Å². The summed E-state index contributed by atoms with van der Waals surface area (Å²) < 4.78 is 50.7. The van der Waals surface area contributed by atoms with Gasteiger partial charge in [-0.3, -0.25) is 0 Å². The second kappa shape index (κ2) is 7.79. The normalized spacial score (nSPS) is 17.7. The molecule has 1 aliphatic carbocycles. The number of carboxylic acid groups (broad SMARTS) is 1. The van der Waals surface area contributed by atoms with Gasteiger partial charge in [-0.25, -0.2) is 9.18 Å². The van der Waals surface area contributed by atoms with E-state index >= 15 is 0 Å². The van der Waals surface area contributed by atoms with Gasteiger partial charge in [0.25, 0.3) is 0 Å². The van der Waals surface area contributed by atoms with Crippen LogP contribution in [0, 0.1) is 11.2 Å². The van der Waals surface area contributed by atoms with E-state index in [1.165, 1.54) is 25.0 Å². The first-order valence-corrected chi connectivity index (χ1v) is 8.70. The van der Waals surface area contributed by atoms with Crippen LogP contribution in [0.2, 0.25) is 0 Å². The SMILES string of the molecule is Fc1ccc(-c2ccc(OC3CC4(CNC4)C3)cc2)cc1.O=C(O)C(F)(F)F. The van der Waals surface area contributed by atoms with Crippen molar-refractivity contribution in [2.45, 2.75) is 25.1 Å². The van der Waals surface area contributed by atoms with Gasteiger partial charge in [-0.2, -0.15) is 13.2 Å². The Balaban J connectivity index is 0.000000279. The van der Waals surface area contributed by atoms with Gasteiger partial charge in [0, 0.05) is 18.5 Å². The van der Waals surface area contributed by atoms with Gasteiger partial charge in [0.15, 0.2) is 0 Å². The lowest BCUT2D eigenvalue weighted by atomic mass is 9.63. The summed E-state index contributed by atoms with van der Waals surface area (Å²) >= 11 is 0. The van der Waals surface area contributed by atoms with Crippen LogP contribution >= 0.6 is 0 Å². The van der Waals surface area contributed by atoms with Gasteiger partial charge < -0.3 is 15.2 Å². The van der Waals surface area contributed by atoms with E-state index in [0.717, 1.165) is 30.0 Å². The maximum absolute atomic E-state index is 12.9. The molecule has 0 bridgehead atoms. The Morgan fingerprint density at radius 1 is 1.00 bits per heavy atom. The van der Waals surface area contributed by atoms with Crippen molar-refractivity contribution in [3.05, 3.63) is 54.3 Å². The van der Waals surface area contributed by atoms with Gasteiger partial charge in [-0.05, 0) is 48.2 Å². The Morgan fingerprint density at radius 2 is 1.46 bits per heavy atom. The van der Waals surface area contributed by atoms with Crippen LogP contribution in [-0.2, 0) is 4.79 Å². The number of hydrogen-bond acceptors (Lipinski definition) is 3. The third-order valence-electron chi connectivity index (χ3n) is 4.90. The lowest BCUT2D eigenvalue weighted by molar-refractivity contribution is -0.192. The van der Waals surface area contributed by atoms with E-state index in [9.17, 15) is 17.6 Å². The average Bonchev–Trinajstić information content (AvgIpc) is 2.57. The minimum atomic E-state index is -5.08. The van der Waals surface area contributed by atoms with Gasteiger partial charge in [0.1, 0.15) is 11.6 Å². The fraction of sp³-hybridized carbons (Fsp3) is 0.350. The fourth-order valence-corrected chi connectivity index (χ4v) is 3.32. The van der Waals surface area contributed by atoms with Gasteiger partial charge in [-0.15, -0.1) is 0 Å². The summed E-state index contributed by atoms with van der Waals surface area (Å²) in [5.74, 6) is -2.04. The average molecular weight is 397 g/mol. The van der Waals surface area contributed by atoms with E-state index in [0.29, 0.717) is 11.5 Å². The van der Waals surface area contributed by atoms with Gasteiger partial charge in [-0.1, -0.05) is 24.3 Å². The van der Waals surface area contributed by atoms with Gasteiger partial charge >= 0.3 is 12.1 Å². The molecule has 0 radical (unpaired) electrons. The highest BCUT2D eigenvalue weighted by molar-refractivity contribution is 5.73. The van der Waals surface area contributed by atoms with Crippen LogP contribution in [0.3, 0.4) is 0 Å². The standard InChI is InChI=1S/C18H18FNO.C2HF3O2/c19-15-5-1-13(2-6-15)14-3-7-16(8-4-14)21-17-9-18(10-17)11-20-12-18;3-2(4,5)1(6)7/h1-8,17,20H,9-12H2;(H,6,7). The number of ether oxygens (including phenoxy) is 1. The molecule has 8 heteroatoms.